The molecule has 0 bridgehead atoms. The van der Waals surface area contributed by atoms with Gasteiger partial charge in [-0.25, -0.2) is 0 Å². The highest BCUT2D eigenvalue weighted by Gasteiger charge is 2.17. The number of nitrogens with one attached hydrogen (secondary N) is 2. The summed E-state index contributed by atoms with van der Waals surface area (Å²) < 4.78 is 35.6. The van der Waals surface area contributed by atoms with E-state index in [2.05, 4.69) is 55.8 Å². The van der Waals surface area contributed by atoms with Crippen molar-refractivity contribution >= 4 is 68.8 Å². The minimum absolute atomic E-state index is 0.0475. The number of rotatable bonds is 29. The molecule has 0 spiro atoms. The monoisotopic (exact) mass is 1040 g/mol. The minimum atomic E-state index is -0.288. The maximum Gasteiger partial charge on any atom is 0.239 e. The zero-order chi connectivity index (χ0) is 43.0. The fourth-order valence-electron chi connectivity index (χ4n) is 5.51. The summed E-state index contributed by atoms with van der Waals surface area (Å²) in [4.78, 5) is 52.6. The van der Waals surface area contributed by atoms with Gasteiger partial charge in [-0.15, -0.1) is 0 Å². The molecule has 18 heteroatoms. The van der Waals surface area contributed by atoms with Crippen LogP contribution in [0.15, 0.2) is 24.3 Å². The van der Waals surface area contributed by atoms with E-state index in [1.807, 2.05) is 38.1 Å². The second-order valence-electron chi connectivity index (χ2n) is 13.9. The molecule has 0 saturated heterocycles. The Balaban J connectivity index is 1.50. The number of carbonyl (C=O) groups is 4. The first-order valence-electron chi connectivity index (χ1n) is 19.3. The highest BCUT2D eigenvalue weighted by molar-refractivity contribution is 14.1. The average molecular weight is 1040 g/mol. The average Bonchev–Trinajstić information content (AvgIpc) is 3.16. The van der Waals surface area contributed by atoms with Crippen LogP contribution >= 0.6 is 45.2 Å². The molecule has 4 amide bonds. The Morgan fingerprint density at radius 2 is 1.00 bits per heavy atom. The van der Waals surface area contributed by atoms with Crippen LogP contribution in [0.25, 0.3) is 0 Å². The Hall–Kier alpha value is -3.18. The minimum Gasteiger partial charge on any atom is -0.496 e. The maximum absolute atomic E-state index is 12.6. The van der Waals surface area contributed by atoms with Gasteiger partial charge < -0.3 is 60.3 Å². The molecular weight excluding hydrogens is 978 g/mol. The lowest BCUT2D eigenvalue weighted by atomic mass is 10.1. The quantitative estimate of drug-likeness (QED) is 0.0686. The van der Waals surface area contributed by atoms with Crippen molar-refractivity contribution in [2.75, 3.05) is 94.1 Å². The third kappa shape index (κ3) is 20.2. The third-order valence-corrected chi connectivity index (χ3v) is 10.1. The lowest BCUT2D eigenvalue weighted by molar-refractivity contribution is -0.135. The SMILES string of the molecule is COc1cc(CC(C)N)c(OCCCC(=O)N(C)CC(=O)NCCOCCOCCNC(=O)CN(C)C(=O)CCCOc2cc(I)c(OC)cc2CC(C)N)cc1I. The van der Waals surface area contributed by atoms with Crippen molar-refractivity contribution in [3.63, 3.8) is 0 Å². The molecule has 58 heavy (non-hydrogen) atoms. The van der Waals surface area contributed by atoms with Crippen molar-refractivity contribution in [1.82, 2.24) is 20.4 Å². The maximum atomic E-state index is 12.6. The first-order valence-corrected chi connectivity index (χ1v) is 21.5. The van der Waals surface area contributed by atoms with E-state index in [0.29, 0.717) is 52.1 Å². The largest absolute Gasteiger partial charge is 0.496 e. The standard InChI is InChI=1S/C40H62I2N6O10/c1-27(43)19-29-21-35(53-5)31(41)23-33(29)57-13-7-9-39(51)47(3)25-37(49)45-11-15-55-17-18-56-16-12-46-38(50)26-48(4)40(52)10-8-14-58-34-24-32(42)36(54-6)22-30(34)20-28(2)44/h21-24,27-28H,7-20,25-26,43-44H2,1-6H3,(H,45,49)(H,46,50). The molecule has 0 fully saturated rings. The molecule has 0 aromatic heterocycles. The predicted octanol–water partition coefficient (Wildman–Crippen LogP) is 2.89. The van der Waals surface area contributed by atoms with Crippen LogP contribution in [-0.2, 0) is 41.5 Å². The van der Waals surface area contributed by atoms with E-state index >= 15 is 0 Å². The van der Waals surface area contributed by atoms with Gasteiger partial charge >= 0.3 is 0 Å². The molecule has 0 radical (unpaired) electrons. The predicted molar refractivity (Wildman–Crippen MR) is 239 cm³/mol. The summed E-state index contributed by atoms with van der Waals surface area (Å²) in [6, 6.07) is 7.59. The van der Waals surface area contributed by atoms with Crippen LogP contribution in [-0.4, -0.2) is 140 Å². The number of nitrogens with zero attached hydrogens (tertiary/aromatic N) is 2. The van der Waals surface area contributed by atoms with Crippen LogP contribution < -0.4 is 41.0 Å². The number of ether oxygens (including phenoxy) is 6. The van der Waals surface area contributed by atoms with Crippen LogP contribution in [0.2, 0.25) is 0 Å². The Morgan fingerprint density at radius 3 is 1.34 bits per heavy atom. The second-order valence-corrected chi connectivity index (χ2v) is 16.2. The van der Waals surface area contributed by atoms with E-state index in [1.165, 1.54) is 9.80 Å². The van der Waals surface area contributed by atoms with Gasteiger partial charge in [-0.1, -0.05) is 0 Å². The lowest BCUT2D eigenvalue weighted by Crippen LogP contribution is -2.39. The van der Waals surface area contributed by atoms with Crippen molar-refractivity contribution in [3.05, 3.63) is 42.5 Å². The second kappa shape index (κ2) is 28.3. The number of benzene rings is 2. The van der Waals surface area contributed by atoms with Gasteiger partial charge in [-0.2, -0.15) is 0 Å². The number of amides is 4. The fraction of sp³-hybridized carbons (Fsp3) is 0.600. The van der Waals surface area contributed by atoms with Gasteiger partial charge in [-0.05, 0) is 120 Å². The van der Waals surface area contributed by atoms with Crippen molar-refractivity contribution in [2.45, 2.75) is 64.5 Å². The van der Waals surface area contributed by atoms with E-state index in [9.17, 15) is 19.2 Å². The number of methoxy groups -OCH3 is 2. The van der Waals surface area contributed by atoms with Crippen LogP contribution in [0.3, 0.4) is 0 Å². The zero-order valence-corrected chi connectivity index (χ0v) is 39.0. The summed E-state index contributed by atoms with van der Waals surface area (Å²) in [5.74, 6) is 2.07. The Kier molecular flexibility index (Phi) is 24.9. The van der Waals surface area contributed by atoms with Gasteiger partial charge in [0, 0.05) is 52.1 Å². The Morgan fingerprint density at radius 1 is 0.621 bits per heavy atom. The molecule has 16 nitrogen and oxygen atoms in total. The van der Waals surface area contributed by atoms with E-state index in [1.54, 1.807) is 28.3 Å². The molecule has 0 aliphatic carbocycles. The van der Waals surface area contributed by atoms with E-state index in [4.69, 9.17) is 39.9 Å². The summed E-state index contributed by atoms with van der Waals surface area (Å²) in [5, 5.41) is 5.48. The van der Waals surface area contributed by atoms with Crippen LogP contribution in [0, 0.1) is 7.14 Å². The Bertz CT molecular complexity index is 1480. The van der Waals surface area contributed by atoms with E-state index in [-0.39, 0.29) is 87.9 Å². The topological polar surface area (TPSA) is 206 Å². The van der Waals surface area contributed by atoms with Gasteiger partial charge in [0.1, 0.15) is 23.0 Å². The number of halogens is 2. The summed E-state index contributed by atoms with van der Waals surface area (Å²) >= 11 is 4.38. The smallest absolute Gasteiger partial charge is 0.239 e. The van der Waals surface area contributed by atoms with E-state index < -0.39 is 0 Å². The van der Waals surface area contributed by atoms with Crippen molar-refractivity contribution < 1.29 is 47.6 Å². The number of likely N-dealkylation sites (N-methyl/N-ethyl adjacent to an activating group) is 2. The highest BCUT2D eigenvalue weighted by Crippen LogP contribution is 2.32. The Labute approximate surface area is 370 Å². The van der Waals surface area contributed by atoms with Crippen molar-refractivity contribution in [3.8, 4) is 23.0 Å². The van der Waals surface area contributed by atoms with Gasteiger partial charge in [0.15, 0.2) is 0 Å². The third-order valence-electron chi connectivity index (χ3n) is 8.46. The zero-order valence-electron chi connectivity index (χ0n) is 34.7. The molecule has 2 aromatic rings. The molecule has 2 rings (SSSR count). The fourth-order valence-corrected chi connectivity index (χ4v) is 6.83. The first kappa shape index (κ1) is 51.0. The summed E-state index contributed by atoms with van der Waals surface area (Å²) in [6.07, 6.45) is 2.73. The molecule has 2 atom stereocenters. The number of hydrogen-bond donors (Lipinski definition) is 4. The molecule has 0 saturated carbocycles. The molecule has 2 aromatic carbocycles. The summed E-state index contributed by atoms with van der Waals surface area (Å²) in [6.45, 7) is 6.14. The van der Waals surface area contributed by atoms with Gasteiger partial charge in [0.25, 0.3) is 0 Å². The highest BCUT2D eigenvalue weighted by atomic mass is 127. The molecule has 0 heterocycles. The van der Waals surface area contributed by atoms with Crippen LogP contribution in [0.1, 0.15) is 50.7 Å². The normalized spacial score (nSPS) is 12.0. The van der Waals surface area contributed by atoms with Crippen LogP contribution in [0.4, 0.5) is 0 Å². The van der Waals surface area contributed by atoms with E-state index in [0.717, 1.165) is 41.3 Å². The molecule has 2 unspecified atom stereocenters. The summed E-state index contributed by atoms with van der Waals surface area (Å²) in [7, 11) is 6.42. The van der Waals surface area contributed by atoms with Gasteiger partial charge in [-0.3, -0.25) is 19.2 Å². The van der Waals surface area contributed by atoms with Gasteiger partial charge in [0.05, 0.1) is 74.1 Å². The lowest BCUT2D eigenvalue weighted by Gasteiger charge is -2.18. The molecule has 0 aliphatic heterocycles. The van der Waals surface area contributed by atoms with Gasteiger partial charge in [0.2, 0.25) is 23.6 Å². The number of carbonyl (C=O) groups excluding carboxylic acids is 4. The van der Waals surface area contributed by atoms with Crippen LogP contribution in [0.5, 0.6) is 23.0 Å². The molecule has 6 N–H and O–H groups in total. The van der Waals surface area contributed by atoms with Crippen molar-refractivity contribution in [1.29, 1.82) is 0 Å². The number of hydrogen-bond acceptors (Lipinski definition) is 12. The van der Waals surface area contributed by atoms with Crippen molar-refractivity contribution in [2.24, 2.45) is 11.5 Å². The number of nitrogens with two attached hydrogens (primary N) is 2. The molecular formula is C40H62I2N6O10. The summed E-state index contributed by atoms with van der Waals surface area (Å²) in [5.41, 5.74) is 13.9. The first-order chi connectivity index (χ1) is 27.6. The molecule has 0 aliphatic rings. The molecule has 326 valence electrons.